The minimum atomic E-state index is 0.572. The van der Waals surface area contributed by atoms with Crippen molar-refractivity contribution in [1.82, 2.24) is 5.32 Å². The quantitative estimate of drug-likeness (QED) is 0.811. The van der Waals surface area contributed by atoms with Gasteiger partial charge in [0.25, 0.3) is 0 Å². The third-order valence-corrected chi connectivity index (χ3v) is 2.85. The highest BCUT2D eigenvalue weighted by atomic mass is 16.5. The zero-order valence-electron chi connectivity index (χ0n) is 9.11. The van der Waals surface area contributed by atoms with E-state index in [2.05, 4.69) is 35.6 Å². The summed E-state index contributed by atoms with van der Waals surface area (Å²) < 4.78 is 5.42. The van der Waals surface area contributed by atoms with Crippen LogP contribution in [0, 0.1) is 0 Å². The first kappa shape index (κ1) is 10.7. The van der Waals surface area contributed by atoms with Crippen LogP contribution in [-0.4, -0.2) is 25.8 Å². The SMILES string of the molecule is c1ccc(CCNC2CCCOC2)cc1. The summed E-state index contributed by atoms with van der Waals surface area (Å²) >= 11 is 0. The van der Waals surface area contributed by atoms with Crippen LogP contribution >= 0.6 is 0 Å². The highest BCUT2D eigenvalue weighted by Crippen LogP contribution is 2.06. The van der Waals surface area contributed by atoms with E-state index >= 15 is 0 Å². The van der Waals surface area contributed by atoms with Crippen LogP contribution in [0.2, 0.25) is 0 Å². The Morgan fingerprint density at radius 1 is 1.27 bits per heavy atom. The van der Waals surface area contributed by atoms with Crippen LogP contribution in [0.25, 0.3) is 0 Å². The van der Waals surface area contributed by atoms with E-state index in [1.54, 1.807) is 0 Å². The molecule has 82 valence electrons. The zero-order valence-corrected chi connectivity index (χ0v) is 9.11. The molecule has 0 saturated carbocycles. The van der Waals surface area contributed by atoms with E-state index < -0.39 is 0 Å². The molecule has 15 heavy (non-hydrogen) atoms. The maximum Gasteiger partial charge on any atom is 0.0619 e. The third kappa shape index (κ3) is 3.65. The van der Waals surface area contributed by atoms with Gasteiger partial charge < -0.3 is 10.1 Å². The Kier molecular flexibility index (Phi) is 4.18. The van der Waals surface area contributed by atoms with Crippen molar-refractivity contribution < 1.29 is 4.74 Å². The molecule has 0 bridgehead atoms. The molecule has 1 aliphatic rings. The van der Waals surface area contributed by atoms with Gasteiger partial charge in [-0.25, -0.2) is 0 Å². The fourth-order valence-corrected chi connectivity index (χ4v) is 1.97. The summed E-state index contributed by atoms with van der Waals surface area (Å²) in [5.41, 5.74) is 1.40. The van der Waals surface area contributed by atoms with Gasteiger partial charge in [-0.2, -0.15) is 0 Å². The van der Waals surface area contributed by atoms with Crippen LogP contribution in [-0.2, 0) is 11.2 Å². The Bertz CT molecular complexity index is 267. The zero-order chi connectivity index (χ0) is 10.3. The molecule has 1 aliphatic heterocycles. The second-order valence-corrected chi connectivity index (χ2v) is 4.10. The molecule has 1 heterocycles. The summed E-state index contributed by atoms with van der Waals surface area (Å²) in [4.78, 5) is 0. The van der Waals surface area contributed by atoms with E-state index in [4.69, 9.17) is 4.74 Å². The molecule has 1 atom stereocenters. The molecule has 1 unspecified atom stereocenters. The van der Waals surface area contributed by atoms with E-state index in [0.29, 0.717) is 6.04 Å². The molecule has 0 radical (unpaired) electrons. The Morgan fingerprint density at radius 3 is 2.87 bits per heavy atom. The number of nitrogens with one attached hydrogen (secondary N) is 1. The molecule has 1 saturated heterocycles. The number of rotatable bonds is 4. The molecule has 1 fully saturated rings. The fraction of sp³-hybridized carbons (Fsp3) is 0.538. The number of hydrogen-bond donors (Lipinski definition) is 1. The first-order chi connectivity index (χ1) is 7.45. The van der Waals surface area contributed by atoms with E-state index in [-0.39, 0.29) is 0 Å². The van der Waals surface area contributed by atoms with Crippen molar-refractivity contribution in [2.45, 2.75) is 25.3 Å². The molecule has 0 spiro atoms. The Hall–Kier alpha value is -0.860. The minimum Gasteiger partial charge on any atom is -0.380 e. The Balaban J connectivity index is 1.66. The minimum absolute atomic E-state index is 0.572. The normalized spacial score (nSPS) is 21.5. The molecule has 0 aromatic heterocycles. The lowest BCUT2D eigenvalue weighted by Gasteiger charge is -2.23. The summed E-state index contributed by atoms with van der Waals surface area (Å²) in [5, 5.41) is 3.55. The van der Waals surface area contributed by atoms with Crippen molar-refractivity contribution in [2.75, 3.05) is 19.8 Å². The highest BCUT2D eigenvalue weighted by Gasteiger charge is 2.12. The van der Waals surface area contributed by atoms with Crippen LogP contribution < -0.4 is 5.32 Å². The third-order valence-electron chi connectivity index (χ3n) is 2.85. The van der Waals surface area contributed by atoms with E-state index in [0.717, 1.165) is 26.2 Å². The lowest BCUT2D eigenvalue weighted by Crippen LogP contribution is -2.37. The van der Waals surface area contributed by atoms with E-state index in [1.807, 2.05) is 0 Å². The van der Waals surface area contributed by atoms with Crippen molar-refractivity contribution >= 4 is 0 Å². The second-order valence-electron chi connectivity index (χ2n) is 4.10. The fourth-order valence-electron chi connectivity index (χ4n) is 1.97. The van der Waals surface area contributed by atoms with Crippen molar-refractivity contribution in [3.63, 3.8) is 0 Å². The topological polar surface area (TPSA) is 21.3 Å². The van der Waals surface area contributed by atoms with Crippen molar-refractivity contribution in [1.29, 1.82) is 0 Å². The van der Waals surface area contributed by atoms with Crippen LogP contribution in [0.1, 0.15) is 18.4 Å². The average Bonchev–Trinajstić information content (AvgIpc) is 2.32. The summed E-state index contributed by atoms with van der Waals surface area (Å²) in [6.45, 7) is 2.88. The standard InChI is InChI=1S/C13H19NO/c1-2-5-12(6-3-1)8-9-14-13-7-4-10-15-11-13/h1-3,5-6,13-14H,4,7-11H2. The van der Waals surface area contributed by atoms with Crippen molar-refractivity contribution in [2.24, 2.45) is 0 Å². The van der Waals surface area contributed by atoms with Crippen molar-refractivity contribution in [3.05, 3.63) is 35.9 Å². The number of hydrogen-bond acceptors (Lipinski definition) is 2. The monoisotopic (exact) mass is 205 g/mol. The van der Waals surface area contributed by atoms with Crippen molar-refractivity contribution in [3.8, 4) is 0 Å². The molecule has 0 amide bonds. The average molecular weight is 205 g/mol. The van der Waals surface area contributed by atoms with Crippen LogP contribution in [0.15, 0.2) is 30.3 Å². The van der Waals surface area contributed by atoms with Gasteiger partial charge in [-0.05, 0) is 31.4 Å². The Morgan fingerprint density at radius 2 is 2.13 bits per heavy atom. The largest absolute Gasteiger partial charge is 0.380 e. The first-order valence-electron chi connectivity index (χ1n) is 5.80. The van der Waals surface area contributed by atoms with Crippen LogP contribution in [0.3, 0.4) is 0 Å². The van der Waals surface area contributed by atoms with Crippen LogP contribution in [0.4, 0.5) is 0 Å². The highest BCUT2D eigenvalue weighted by molar-refractivity contribution is 5.14. The number of benzene rings is 1. The molecule has 1 N–H and O–H groups in total. The van der Waals surface area contributed by atoms with Gasteiger partial charge >= 0.3 is 0 Å². The molecular weight excluding hydrogens is 186 g/mol. The van der Waals surface area contributed by atoms with Gasteiger partial charge in [0.15, 0.2) is 0 Å². The molecular formula is C13H19NO. The van der Waals surface area contributed by atoms with Gasteiger partial charge in [-0.15, -0.1) is 0 Å². The summed E-state index contributed by atoms with van der Waals surface area (Å²) in [6, 6.07) is 11.2. The van der Waals surface area contributed by atoms with Gasteiger partial charge in [-0.3, -0.25) is 0 Å². The van der Waals surface area contributed by atoms with E-state index in [1.165, 1.54) is 18.4 Å². The molecule has 2 rings (SSSR count). The Labute approximate surface area is 91.6 Å². The predicted octanol–water partition coefficient (Wildman–Crippen LogP) is 2.00. The predicted molar refractivity (Wildman–Crippen MR) is 62.0 cm³/mol. The van der Waals surface area contributed by atoms with Crippen LogP contribution in [0.5, 0.6) is 0 Å². The van der Waals surface area contributed by atoms with Gasteiger partial charge in [0.05, 0.1) is 6.61 Å². The smallest absolute Gasteiger partial charge is 0.0619 e. The summed E-state index contributed by atoms with van der Waals surface area (Å²) in [6.07, 6.45) is 3.56. The van der Waals surface area contributed by atoms with Gasteiger partial charge in [-0.1, -0.05) is 30.3 Å². The molecule has 2 heteroatoms. The molecule has 1 aromatic carbocycles. The second kappa shape index (κ2) is 5.89. The first-order valence-corrected chi connectivity index (χ1v) is 5.80. The van der Waals surface area contributed by atoms with Gasteiger partial charge in [0.1, 0.15) is 0 Å². The maximum absolute atomic E-state index is 5.42. The number of ether oxygens (including phenoxy) is 1. The summed E-state index contributed by atoms with van der Waals surface area (Å²) in [5.74, 6) is 0. The summed E-state index contributed by atoms with van der Waals surface area (Å²) in [7, 11) is 0. The van der Waals surface area contributed by atoms with Gasteiger partial charge in [0, 0.05) is 12.6 Å². The maximum atomic E-state index is 5.42. The molecule has 0 aliphatic carbocycles. The lowest BCUT2D eigenvalue weighted by atomic mass is 10.1. The van der Waals surface area contributed by atoms with Gasteiger partial charge in [0.2, 0.25) is 0 Å². The molecule has 1 aromatic rings. The van der Waals surface area contributed by atoms with E-state index in [9.17, 15) is 0 Å². The lowest BCUT2D eigenvalue weighted by molar-refractivity contribution is 0.0707. The molecule has 2 nitrogen and oxygen atoms in total.